The van der Waals surface area contributed by atoms with E-state index >= 15 is 0 Å². The molecule has 0 unspecified atom stereocenters. The van der Waals surface area contributed by atoms with Crippen LogP contribution in [0.5, 0.6) is 0 Å². The van der Waals surface area contributed by atoms with Gasteiger partial charge in [0, 0.05) is 0 Å². The first kappa shape index (κ1) is 13.2. The number of tetrazole rings is 2. The Balaban J connectivity index is 1.89. The molecule has 0 atom stereocenters. The quantitative estimate of drug-likeness (QED) is 0.396. The second-order valence-electron chi connectivity index (χ2n) is 3.79. The Morgan fingerprint density at radius 2 is 1.23 bits per heavy atom. The van der Waals surface area contributed by atoms with E-state index in [1.807, 2.05) is 0 Å². The maximum Gasteiger partial charge on any atom is 0.307 e. The van der Waals surface area contributed by atoms with Gasteiger partial charge in [-0.2, -0.15) is 10.4 Å². The fourth-order valence-electron chi connectivity index (χ4n) is 1.38. The summed E-state index contributed by atoms with van der Waals surface area (Å²) in [5.41, 5.74) is 12.9. The van der Waals surface area contributed by atoms with Gasteiger partial charge < -0.3 is 11.5 Å². The number of aromatic nitrogens is 8. The van der Waals surface area contributed by atoms with Crippen molar-refractivity contribution < 1.29 is 0 Å². The van der Waals surface area contributed by atoms with Gasteiger partial charge in [0.25, 0.3) is 0 Å². The number of aromatic amines is 2. The monoisotopic (exact) mass is 300 g/mol. The molecule has 14 heteroatoms. The molecule has 0 bridgehead atoms. The molecule has 1 aromatic carbocycles. The lowest BCUT2D eigenvalue weighted by atomic mass is 10.2. The Morgan fingerprint density at radius 1 is 0.727 bits per heavy atom. The molecule has 2 aromatic heterocycles. The van der Waals surface area contributed by atoms with E-state index in [2.05, 4.69) is 61.7 Å². The van der Waals surface area contributed by atoms with Crippen LogP contribution in [-0.4, -0.2) is 41.2 Å². The van der Waals surface area contributed by atoms with E-state index in [1.165, 1.54) is 12.1 Å². The van der Waals surface area contributed by atoms with Gasteiger partial charge in [-0.05, 0) is 22.6 Å². The highest BCUT2D eigenvalue weighted by Crippen LogP contribution is 2.34. The molecule has 6 N–H and O–H groups in total. The molecule has 0 spiro atoms. The highest BCUT2D eigenvalue weighted by molar-refractivity contribution is 5.77. The van der Waals surface area contributed by atoms with Crippen LogP contribution < -0.4 is 11.5 Å². The molecule has 0 fully saturated rings. The predicted molar refractivity (Wildman–Crippen MR) is 72.0 cm³/mol. The van der Waals surface area contributed by atoms with E-state index in [-0.39, 0.29) is 11.9 Å². The van der Waals surface area contributed by atoms with Crippen molar-refractivity contribution in [1.29, 1.82) is 0 Å². The van der Waals surface area contributed by atoms with Gasteiger partial charge in [0.15, 0.2) is 0 Å². The molecule has 0 amide bonds. The predicted octanol–water partition coefficient (Wildman–Crippen LogP) is 0.708. The van der Waals surface area contributed by atoms with E-state index in [1.54, 1.807) is 0 Å². The zero-order chi connectivity index (χ0) is 15.4. The first-order chi connectivity index (χ1) is 10.7. The van der Waals surface area contributed by atoms with Crippen molar-refractivity contribution in [3.63, 3.8) is 0 Å². The molecule has 110 valence electrons. The lowest BCUT2D eigenvalue weighted by Crippen LogP contribution is -1.90. The molecule has 14 nitrogen and oxygen atoms in total. The summed E-state index contributed by atoms with van der Waals surface area (Å²) in [6, 6.07) is 2.98. The van der Waals surface area contributed by atoms with E-state index in [9.17, 15) is 0 Å². The summed E-state index contributed by atoms with van der Waals surface area (Å²) in [6.45, 7) is 0. The molecular weight excluding hydrogens is 292 g/mol. The third-order valence-electron chi connectivity index (χ3n) is 2.34. The zero-order valence-corrected chi connectivity index (χ0v) is 10.8. The summed E-state index contributed by atoms with van der Waals surface area (Å²) in [6.07, 6.45) is 0. The number of nitrogens with zero attached hydrogens (tertiary/aromatic N) is 10. The standard InChI is InChI=1S/C8H8N14/c9-3-1-4(10)6(12-14-8-17-21-22-18-8)2-5(3)11-13-7-15-19-20-16-7/h1-2H,9-10H2,(H,15,16,19,20)(H,17,18,21,22). The first-order valence-corrected chi connectivity index (χ1v) is 5.72. The second-order valence-corrected chi connectivity index (χ2v) is 3.79. The SMILES string of the molecule is Nc1cc(N)c(N=Nc2nn[nH]n2)cc1N=Nc1nn[nH]n1. The highest BCUT2D eigenvalue weighted by Gasteiger charge is 2.06. The number of nitrogens with two attached hydrogens (primary N) is 2. The van der Waals surface area contributed by atoms with Crippen molar-refractivity contribution in [2.75, 3.05) is 11.5 Å². The normalized spacial score (nSPS) is 11.6. The number of hydrogen-bond acceptors (Lipinski definition) is 12. The molecular formula is C8H8N14. The molecule has 0 aliphatic rings. The average Bonchev–Trinajstić information content (AvgIpc) is 3.19. The number of nitrogens with one attached hydrogen (secondary N) is 2. The second kappa shape index (κ2) is 5.65. The van der Waals surface area contributed by atoms with Gasteiger partial charge in [0.05, 0.1) is 11.4 Å². The van der Waals surface area contributed by atoms with Crippen molar-refractivity contribution in [1.82, 2.24) is 41.2 Å². The zero-order valence-electron chi connectivity index (χ0n) is 10.8. The van der Waals surface area contributed by atoms with Crippen LogP contribution in [0.4, 0.5) is 34.6 Å². The summed E-state index contributed by atoms with van der Waals surface area (Å²) < 4.78 is 0. The first-order valence-electron chi connectivity index (χ1n) is 5.72. The minimum atomic E-state index is 0.0613. The number of azo groups is 2. The Hall–Kier alpha value is -3.84. The Labute approximate surface area is 121 Å². The molecule has 0 radical (unpaired) electrons. The van der Waals surface area contributed by atoms with E-state index in [0.717, 1.165) is 0 Å². The minimum Gasteiger partial charge on any atom is -0.397 e. The van der Waals surface area contributed by atoms with Gasteiger partial charge >= 0.3 is 11.9 Å². The molecule has 3 aromatic rings. The number of H-pyrrole nitrogens is 2. The lowest BCUT2D eigenvalue weighted by molar-refractivity contribution is 0.881. The van der Waals surface area contributed by atoms with Crippen LogP contribution in [0.3, 0.4) is 0 Å². The van der Waals surface area contributed by atoms with Gasteiger partial charge in [-0.3, -0.25) is 0 Å². The van der Waals surface area contributed by atoms with Crippen LogP contribution in [0, 0.1) is 0 Å². The van der Waals surface area contributed by atoms with E-state index in [0.29, 0.717) is 22.7 Å². The van der Waals surface area contributed by atoms with Crippen molar-refractivity contribution >= 4 is 34.6 Å². The number of anilines is 2. The molecule has 22 heavy (non-hydrogen) atoms. The average molecular weight is 300 g/mol. The minimum absolute atomic E-state index is 0.0613. The Bertz CT molecular complexity index is 734. The molecule has 0 aliphatic heterocycles. The summed E-state index contributed by atoms with van der Waals surface area (Å²) in [5.74, 6) is 0.123. The van der Waals surface area contributed by atoms with E-state index < -0.39 is 0 Å². The molecule has 3 rings (SSSR count). The summed E-state index contributed by atoms with van der Waals surface area (Å²) in [7, 11) is 0. The van der Waals surface area contributed by atoms with Crippen molar-refractivity contribution in [2.24, 2.45) is 20.5 Å². The van der Waals surface area contributed by atoms with Gasteiger partial charge in [-0.15, -0.1) is 30.7 Å². The topological polar surface area (TPSA) is 210 Å². The molecule has 0 aliphatic carbocycles. The third kappa shape index (κ3) is 2.84. The fourth-order valence-corrected chi connectivity index (χ4v) is 1.38. The van der Waals surface area contributed by atoms with Gasteiger partial charge in [0.2, 0.25) is 0 Å². The van der Waals surface area contributed by atoms with Crippen molar-refractivity contribution in [3.05, 3.63) is 12.1 Å². The number of nitrogen functional groups attached to an aromatic ring is 2. The molecule has 0 saturated heterocycles. The maximum atomic E-state index is 5.81. The van der Waals surface area contributed by atoms with Gasteiger partial charge in [-0.25, -0.2) is 0 Å². The van der Waals surface area contributed by atoms with Crippen LogP contribution in [-0.2, 0) is 0 Å². The van der Waals surface area contributed by atoms with Crippen LogP contribution >= 0.6 is 0 Å². The highest BCUT2D eigenvalue weighted by atomic mass is 15.5. The Kier molecular flexibility index (Phi) is 3.38. The van der Waals surface area contributed by atoms with Gasteiger partial charge in [0.1, 0.15) is 11.4 Å². The van der Waals surface area contributed by atoms with Crippen LogP contribution in [0.1, 0.15) is 0 Å². The third-order valence-corrected chi connectivity index (χ3v) is 2.34. The largest absolute Gasteiger partial charge is 0.397 e. The number of hydrogen-bond donors (Lipinski definition) is 4. The fraction of sp³-hybridized carbons (Fsp3) is 0. The summed E-state index contributed by atoms with van der Waals surface area (Å²) in [5, 5.41) is 41.0. The van der Waals surface area contributed by atoms with E-state index in [4.69, 9.17) is 11.5 Å². The van der Waals surface area contributed by atoms with Crippen molar-refractivity contribution in [2.45, 2.75) is 0 Å². The smallest absolute Gasteiger partial charge is 0.307 e. The van der Waals surface area contributed by atoms with Crippen LogP contribution in [0.25, 0.3) is 0 Å². The van der Waals surface area contributed by atoms with Crippen molar-refractivity contribution in [3.8, 4) is 0 Å². The number of rotatable bonds is 4. The molecule has 0 saturated carbocycles. The molecule has 2 heterocycles. The van der Waals surface area contributed by atoms with Crippen LogP contribution in [0.15, 0.2) is 32.6 Å². The van der Waals surface area contributed by atoms with Crippen LogP contribution in [0.2, 0.25) is 0 Å². The lowest BCUT2D eigenvalue weighted by Gasteiger charge is -2.03. The maximum absolute atomic E-state index is 5.81. The summed E-state index contributed by atoms with van der Waals surface area (Å²) >= 11 is 0. The Morgan fingerprint density at radius 3 is 1.64 bits per heavy atom. The number of benzene rings is 1. The van der Waals surface area contributed by atoms with Gasteiger partial charge in [-0.1, -0.05) is 10.2 Å². The summed E-state index contributed by atoms with van der Waals surface area (Å²) in [4.78, 5) is 0.